The van der Waals surface area contributed by atoms with Gasteiger partial charge in [0.2, 0.25) is 0 Å². The van der Waals surface area contributed by atoms with Crippen LogP contribution in [0.5, 0.6) is 5.75 Å². The average molecular weight is 431 g/mol. The lowest BCUT2D eigenvalue weighted by molar-refractivity contribution is -0.140. The van der Waals surface area contributed by atoms with Gasteiger partial charge in [-0.3, -0.25) is 4.79 Å². The lowest BCUT2D eigenvalue weighted by Gasteiger charge is -2.06. The number of nitrogens with zero attached hydrogens (tertiary/aromatic N) is 2. The zero-order valence-electron chi connectivity index (χ0n) is 15.7. The topological polar surface area (TPSA) is 56.1 Å². The minimum atomic E-state index is -4.64. The number of halogens is 3. The Morgan fingerprint density at radius 1 is 1.13 bits per heavy atom. The molecule has 2 aromatic carbocycles. The number of ether oxygens (including phenoxy) is 1. The highest BCUT2D eigenvalue weighted by Crippen LogP contribution is 2.39. The fourth-order valence-electron chi connectivity index (χ4n) is 2.97. The molecule has 0 saturated heterocycles. The minimum absolute atomic E-state index is 0.104. The van der Waals surface area contributed by atoms with Crippen LogP contribution in [-0.2, 0) is 6.18 Å². The van der Waals surface area contributed by atoms with Crippen LogP contribution in [0.2, 0.25) is 0 Å². The van der Waals surface area contributed by atoms with Crippen LogP contribution in [0.25, 0.3) is 15.9 Å². The summed E-state index contributed by atoms with van der Waals surface area (Å²) in [5.41, 5.74) is -0.0160. The van der Waals surface area contributed by atoms with E-state index >= 15 is 0 Å². The van der Waals surface area contributed by atoms with Crippen LogP contribution >= 0.6 is 11.3 Å². The molecule has 2 heterocycles. The number of nitrogens with one attached hydrogen (secondary N) is 1. The number of alkyl halides is 3. The molecule has 0 aliphatic carbocycles. The van der Waals surface area contributed by atoms with Crippen molar-refractivity contribution in [1.29, 1.82) is 0 Å². The van der Waals surface area contributed by atoms with E-state index in [4.69, 9.17) is 4.74 Å². The second kappa shape index (κ2) is 7.83. The van der Waals surface area contributed by atoms with Gasteiger partial charge in [-0.05, 0) is 49.4 Å². The van der Waals surface area contributed by atoms with E-state index in [2.05, 4.69) is 10.4 Å². The maximum Gasteiger partial charge on any atom is 0.435 e. The van der Waals surface area contributed by atoms with Gasteiger partial charge >= 0.3 is 6.18 Å². The highest BCUT2D eigenvalue weighted by atomic mass is 32.1. The Morgan fingerprint density at radius 2 is 1.83 bits per heavy atom. The number of anilines is 1. The smallest absolute Gasteiger partial charge is 0.435 e. The van der Waals surface area contributed by atoms with Crippen molar-refractivity contribution >= 4 is 33.1 Å². The zero-order valence-corrected chi connectivity index (χ0v) is 16.6. The maximum absolute atomic E-state index is 13.5. The molecule has 0 spiro atoms. The van der Waals surface area contributed by atoms with Gasteiger partial charge in [0, 0.05) is 11.1 Å². The second-order valence-electron chi connectivity index (χ2n) is 6.33. The molecule has 30 heavy (non-hydrogen) atoms. The lowest BCUT2D eigenvalue weighted by atomic mass is 10.2. The molecule has 4 aromatic rings. The molecule has 0 radical (unpaired) electrons. The molecular formula is C21H16F3N3O2S. The summed E-state index contributed by atoms with van der Waals surface area (Å²) in [7, 11) is 0. The Hall–Kier alpha value is -3.33. The first kappa shape index (κ1) is 20.0. The molecule has 4 rings (SSSR count). The quantitative estimate of drug-likeness (QED) is 0.437. The Kier molecular flexibility index (Phi) is 5.21. The number of benzene rings is 2. The molecule has 154 valence electrons. The van der Waals surface area contributed by atoms with Crippen molar-refractivity contribution in [3.8, 4) is 11.4 Å². The molecule has 1 amide bonds. The summed E-state index contributed by atoms with van der Waals surface area (Å²) in [4.78, 5) is 13.1. The summed E-state index contributed by atoms with van der Waals surface area (Å²) >= 11 is 0.958. The van der Waals surface area contributed by atoms with E-state index in [0.29, 0.717) is 23.7 Å². The van der Waals surface area contributed by atoms with Crippen molar-refractivity contribution < 1.29 is 22.7 Å². The highest BCUT2D eigenvalue weighted by molar-refractivity contribution is 7.20. The molecule has 0 saturated carbocycles. The maximum atomic E-state index is 13.5. The molecule has 0 fully saturated rings. The van der Waals surface area contributed by atoms with Gasteiger partial charge in [0.25, 0.3) is 5.91 Å². The van der Waals surface area contributed by atoms with Crippen molar-refractivity contribution in [1.82, 2.24) is 9.78 Å². The van der Waals surface area contributed by atoms with Crippen molar-refractivity contribution in [3.05, 3.63) is 71.2 Å². The van der Waals surface area contributed by atoms with E-state index < -0.39 is 17.8 Å². The van der Waals surface area contributed by atoms with Crippen LogP contribution in [0.3, 0.4) is 0 Å². The molecule has 0 atom stereocenters. The number of aromatic nitrogens is 2. The Morgan fingerprint density at radius 3 is 2.47 bits per heavy atom. The molecule has 1 N–H and O–H groups in total. The lowest BCUT2D eigenvalue weighted by Crippen LogP contribution is -2.11. The second-order valence-corrected chi connectivity index (χ2v) is 7.37. The molecule has 5 nitrogen and oxygen atoms in total. The largest absolute Gasteiger partial charge is 0.494 e. The van der Waals surface area contributed by atoms with Crippen molar-refractivity contribution in [3.63, 3.8) is 0 Å². The summed E-state index contributed by atoms with van der Waals surface area (Å²) in [6.45, 7) is 2.39. The highest BCUT2D eigenvalue weighted by Gasteiger charge is 2.38. The molecule has 9 heteroatoms. The molecule has 0 aliphatic rings. The van der Waals surface area contributed by atoms with E-state index in [1.54, 1.807) is 54.6 Å². The number of amides is 1. The minimum Gasteiger partial charge on any atom is -0.494 e. The Balaban J connectivity index is 1.70. The van der Waals surface area contributed by atoms with E-state index in [9.17, 15) is 18.0 Å². The molecular weight excluding hydrogens is 415 g/mol. The van der Waals surface area contributed by atoms with Crippen molar-refractivity contribution in [2.24, 2.45) is 0 Å². The van der Waals surface area contributed by atoms with E-state index in [0.717, 1.165) is 11.3 Å². The summed E-state index contributed by atoms with van der Waals surface area (Å²) in [5.74, 6) is 0.170. The summed E-state index contributed by atoms with van der Waals surface area (Å²) in [5, 5.41) is 6.36. The SMILES string of the molecule is CCOc1ccc(NC(=O)c2cc3c(C(F)(F)F)nn(-c4ccccc4)c3s2)cc1. The van der Waals surface area contributed by atoms with Crippen molar-refractivity contribution in [2.75, 3.05) is 11.9 Å². The Labute approximate surface area is 173 Å². The van der Waals surface area contributed by atoms with Crippen LogP contribution in [0, 0.1) is 0 Å². The number of rotatable bonds is 5. The predicted molar refractivity (Wildman–Crippen MR) is 110 cm³/mol. The first-order chi connectivity index (χ1) is 14.4. The van der Waals surface area contributed by atoms with Gasteiger partial charge < -0.3 is 10.1 Å². The first-order valence-corrected chi connectivity index (χ1v) is 9.88. The number of carbonyl (C=O) groups excluding carboxylic acids is 1. The third-order valence-electron chi connectivity index (χ3n) is 4.28. The van der Waals surface area contributed by atoms with E-state index in [1.807, 2.05) is 6.92 Å². The fourth-order valence-corrected chi connectivity index (χ4v) is 3.99. The summed E-state index contributed by atoms with van der Waals surface area (Å²) in [6.07, 6.45) is -4.64. The predicted octanol–water partition coefficient (Wildman–Crippen LogP) is 5.76. The number of hydrogen-bond donors (Lipinski definition) is 1. The molecule has 0 bridgehead atoms. The van der Waals surface area contributed by atoms with Gasteiger partial charge in [-0.15, -0.1) is 11.3 Å². The van der Waals surface area contributed by atoms with Crippen LogP contribution in [0.1, 0.15) is 22.3 Å². The van der Waals surface area contributed by atoms with Crippen LogP contribution in [0.4, 0.5) is 18.9 Å². The van der Waals surface area contributed by atoms with Crippen LogP contribution in [0.15, 0.2) is 60.7 Å². The number of para-hydroxylation sites is 1. The normalized spacial score (nSPS) is 11.6. The third kappa shape index (κ3) is 3.88. The van der Waals surface area contributed by atoms with Crippen molar-refractivity contribution in [2.45, 2.75) is 13.1 Å². The number of hydrogen-bond acceptors (Lipinski definition) is 4. The number of thiophene rings is 1. The molecule has 2 aromatic heterocycles. The summed E-state index contributed by atoms with van der Waals surface area (Å²) in [6, 6.07) is 16.5. The molecule has 0 aliphatic heterocycles. The average Bonchev–Trinajstić information content (AvgIpc) is 3.29. The standard InChI is InChI=1S/C21H16F3N3O2S/c1-2-29-15-10-8-13(9-11-15)25-19(28)17-12-16-18(21(22,23)24)26-27(20(16)30-17)14-6-4-3-5-7-14/h3-12H,2H2,1H3,(H,25,28). The fraction of sp³-hybridized carbons (Fsp3) is 0.143. The van der Waals surface area contributed by atoms with Gasteiger partial charge in [-0.25, -0.2) is 4.68 Å². The third-order valence-corrected chi connectivity index (χ3v) is 5.39. The van der Waals surface area contributed by atoms with Gasteiger partial charge in [-0.2, -0.15) is 18.3 Å². The summed E-state index contributed by atoms with van der Waals surface area (Å²) < 4.78 is 47.1. The van der Waals surface area contributed by atoms with Gasteiger partial charge in [0.05, 0.1) is 17.2 Å². The van der Waals surface area contributed by atoms with Gasteiger partial charge in [-0.1, -0.05) is 18.2 Å². The monoisotopic (exact) mass is 431 g/mol. The molecule has 0 unspecified atom stereocenters. The van der Waals surface area contributed by atoms with Gasteiger partial charge in [0.1, 0.15) is 10.6 Å². The van der Waals surface area contributed by atoms with E-state index in [1.165, 1.54) is 10.7 Å². The number of carbonyl (C=O) groups is 1. The van der Waals surface area contributed by atoms with Crippen LogP contribution < -0.4 is 10.1 Å². The van der Waals surface area contributed by atoms with Crippen LogP contribution in [-0.4, -0.2) is 22.3 Å². The number of fused-ring (bicyclic) bond motifs is 1. The van der Waals surface area contributed by atoms with E-state index in [-0.39, 0.29) is 15.1 Å². The Bertz CT molecular complexity index is 1180. The zero-order chi connectivity index (χ0) is 21.3. The first-order valence-electron chi connectivity index (χ1n) is 9.06. The van der Waals surface area contributed by atoms with Gasteiger partial charge in [0.15, 0.2) is 5.69 Å².